The number of hydrogen-bond acceptors (Lipinski definition) is 2. The van der Waals surface area contributed by atoms with E-state index in [-0.39, 0.29) is 12.1 Å². The topological polar surface area (TPSA) is 26.3 Å². The highest BCUT2D eigenvalue weighted by atomic mass is 16.5. The minimum absolute atomic E-state index is 0.0383. The SMILES string of the molecule is CC(C)[C@H]1CC[C@H](C)CC1OC(=O)CCc1ccccc1. The molecular weight excluding hydrogens is 260 g/mol. The molecule has 2 nitrogen and oxygen atoms in total. The molecule has 1 unspecified atom stereocenters. The molecule has 0 N–H and O–H groups in total. The van der Waals surface area contributed by atoms with Gasteiger partial charge in [0.05, 0.1) is 0 Å². The standard InChI is InChI=1S/C19H28O2/c1-14(2)17-11-9-15(3)13-18(17)21-19(20)12-10-16-7-5-4-6-8-16/h4-8,14-15,17-18H,9-13H2,1-3H3/t15-,17+,18?/m0/s1. The highest BCUT2D eigenvalue weighted by molar-refractivity contribution is 5.70. The summed E-state index contributed by atoms with van der Waals surface area (Å²) in [6.45, 7) is 6.75. The quantitative estimate of drug-likeness (QED) is 0.739. The number of rotatable bonds is 5. The molecule has 21 heavy (non-hydrogen) atoms. The van der Waals surface area contributed by atoms with Crippen molar-refractivity contribution in [3.8, 4) is 0 Å². The van der Waals surface area contributed by atoms with Crippen molar-refractivity contribution in [1.82, 2.24) is 0 Å². The minimum atomic E-state index is -0.0383. The number of benzene rings is 1. The first-order chi connectivity index (χ1) is 10.1. The third kappa shape index (κ3) is 4.87. The van der Waals surface area contributed by atoms with E-state index < -0.39 is 0 Å². The molecule has 3 atom stereocenters. The molecule has 2 rings (SSSR count). The Kier molecular flexibility index (Phi) is 5.84. The van der Waals surface area contributed by atoms with Gasteiger partial charge in [-0.1, -0.05) is 57.5 Å². The van der Waals surface area contributed by atoms with Crippen LogP contribution in [0.3, 0.4) is 0 Å². The number of ether oxygens (including phenoxy) is 1. The van der Waals surface area contributed by atoms with Gasteiger partial charge in [-0.15, -0.1) is 0 Å². The van der Waals surface area contributed by atoms with Crippen molar-refractivity contribution in [2.45, 2.75) is 59.0 Å². The summed E-state index contributed by atoms with van der Waals surface area (Å²) in [5, 5.41) is 0. The second-order valence-electron chi connectivity index (χ2n) is 6.84. The summed E-state index contributed by atoms with van der Waals surface area (Å²) in [5.74, 6) is 1.75. The maximum atomic E-state index is 12.1. The van der Waals surface area contributed by atoms with E-state index in [4.69, 9.17) is 4.74 Å². The average molecular weight is 288 g/mol. The highest BCUT2D eigenvalue weighted by Crippen LogP contribution is 2.35. The summed E-state index contributed by atoms with van der Waals surface area (Å²) in [7, 11) is 0. The van der Waals surface area contributed by atoms with Crippen molar-refractivity contribution in [2.75, 3.05) is 0 Å². The Morgan fingerprint density at radius 3 is 2.62 bits per heavy atom. The Morgan fingerprint density at radius 2 is 1.95 bits per heavy atom. The van der Waals surface area contributed by atoms with Gasteiger partial charge in [0.2, 0.25) is 0 Å². The molecule has 1 aliphatic carbocycles. The molecule has 0 aliphatic heterocycles. The van der Waals surface area contributed by atoms with Crippen molar-refractivity contribution in [3.63, 3.8) is 0 Å². The number of carbonyl (C=O) groups is 1. The first-order valence-corrected chi connectivity index (χ1v) is 8.29. The molecule has 0 aromatic heterocycles. The lowest BCUT2D eigenvalue weighted by Crippen LogP contribution is -2.35. The van der Waals surface area contributed by atoms with E-state index in [1.165, 1.54) is 18.4 Å². The third-order valence-electron chi connectivity index (χ3n) is 4.70. The van der Waals surface area contributed by atoms with Gasteiger partial charge in [-0.3, -0.25) is 4.79 Å². The van der Waals surface area contributed by atoms with Crippen molar-refractivity contribution < 1.29 is 9.53 Å². The van der Waals surface area contributed by atoms with E-state index in [2.05, 4.69) is 32.9 Å². The summed E-state index contributed by atoms with van der Waals surface area (Å²) < 4.78 is 5.82. The van der Waals surface area contributed by atoms with Gasteiger partial charge in [0.1, 0.15) is 6.10 Å². The average Bonchev–Trinajstić information content (AvgIpc) is 2.46. The molecule has 0 saturated heterocycles. The number of aryl methyl sites for hydroxylation is 1. The molecule has 0 amide bonds. The van der Waals surface area contributed by atoms with Crippen LogP contribution in [0.4, 0.5) is 0 Å². The zero-order valence-corrected chi connectivity index (χ0v) is 13.5. The van der Waals surface area contributed by atoms with Gasteiger partial charge >= 0.3 is 5.97 Å². The molecule has 1 fully saturated rings. The first kappa shape index (κ1) is 16.1. The number of carbonyl (C=O) groups excluding carboxylic acids is 1. The molecule has 0 heterocycles. The van der Waals surface area contributed by atoms with Crippen molar-refractivity contribution in [1.29, 1.82) is 0 Å². The van der Waals surface area contributed by atoms with Crippen LogP contribution in [0.2, 0.25) is 0 Å². The zero-order valence-electron chi connectivity index (χ0n) is 13.5. The molecule has 0 bridgehead atoms. The second kappa shape index (κ2) is 7.63. The Morgan fingerprint density at radius 1 is 1.24 bits per heavy atom. The maximum absolute atomic E-state index is 12.1. The fourth-order valence-electron chi connectivity index (χ4n) is 3.37. The largest absolute Gasteiger partial charge is 0.462 e. The monoisotopic (exact) mass is 288 g/mol. The van der Waals surface area contributed by atoms with Crippen LogP contribution in [0.25, 0.3) is 0 Å². The molecule has 2 heteroatoms. The maximum Gasteiger partial charge on any atom is 0.306 e. The summed E-state index contributed by atoms with van der Waals surface area (Å²) in [4.78, 5) is 12.1. The lowest BCUT2D eigenvalue weighted by molar-refractivity contribution is -0.155. The van der Waals surface area contributed by atoms with E-state index in [9.17, 15) is 4.79 Å². The molecule has 0 radical (unpaired) electrons. The van der Waals surface area contributed by atoms with Gasteiger partial charge in [-0.2, -0.15) is 0 Å². The molecule has 1 aromatic carbocycles. The van der Waals surface area contributed by atoms with Gasteiger partial charge in [-0.25, -0.2) is 0 Å². The molecule has 1 aliphatic rings. The zero-order chi connectivity index (χ0) is 15.2. The Bertz CT molecular complexity index is 438. The first-order valence-electron chi connectivity index (χ1n) is 8.29. The smallest absolute Gasteiger partial charge is 0.306 e. The fourth-order valence-corrected chi connectivity index (χ4v) is 3.37. The van der Waals surface area contributed by atoms with Crippen LogP contribution in [-0.4, -0.2) is 12.1 Å². The van der Waals surface area contributed by atoms with E-state index in [0.29, 0.717) is 24.2 Å². The number of hydrogen-bond donors (Lipinski definition) is 0. The van der Waals surface area contributed by atoms with Crippen molar-refractivity contribution >= 4 is 5.97 Å². The predicted molar refractivity (Wildman–Crippen MR) is 86.0 cm³/mol. The van der Waals surface area contributed by atoms with Gasteiger partial charge in [0.15, 0.2) is 0 Å². The van der Waals surface area contributed by atoms with Crippen molar-refractivity contribution in [3.05, 3.63) is 35.9 Å². The Labute approximate surface area is 128 Å². The molecule has 116 valence electrons. The Balaban J connectivity index is 1.85. The van der Waals surface area contributed by atoms with Gasteiger partial charge < -0.3 is 4.74 Å². The van der Waals surface area contributed by atoms with E-state index >= 15 is 0 Å². The second-order valence-corrected chi connectivity index (χ2v) is 6.84. The molecule has 1 aromatic rings. The minimum Gasteiger partial charge on any atom is -0.462 e. The van der Waals surface area contributed by atoms with Crippen LogP contribution in [0.5, 0.6) is 0 Å². The van der Waals surface area contributed by atoms with Gasteiger partial charge in [0, 0.05) is 6.42 Å². The van der Waals surface area contributed by atoms with Crippen LogP contribution < -0.4 is 0 Å². The third-order valence-corrected chi connectivity index (χ3v) is 4.70. The summed E-state index contributed by atoms with van der Waals surface area (Å²) >= 11 is 0. The highest BCUT2D eigenvalue weighted by Gasteiger charge is 2.33. The Hall–Kier alpha value is -1.31. The molecular formula is C19H28O2. The fraction of sp³-hybridized carbons (Fsp3) is 0.632. The number of esters is 1. The summed E-state index contributed by atoms with van der Waals surface area (Å²) in [6, 6.07) is 10.1. The predicted octanol–water partition coefficient (Wildman–Crippen LogP) is 4.62. The summed E-state index contributed by atoms with van der Waals surface area (Å²) in [6.07, 6.45) is 4.86. The molecule has 0 spiro atoms. The van der Waals surface area contributed by atoms with Crippen LogP contribution in [0.15, 0.2) is 30.3 Å². The van der Waals surface area contributed by atoms with Gasteiger partial charge in [0.25, 0.3) is 0 Å². The van der Waals surface area contributed by atoms with Crippen LogP contribution in [0, 0.1) is 17.8 Å². The lowest BCUT2D eigenvalue weighted by Gasteiger charge is -2.36. The molecule has 1 saturated carbocycles. The van der Waals surface area contributed by atoms with Crippen LogP contribution >= 0.6 is 0 Å². The summed E-state index contributed by atoms with van der Waals surface area (Å²) in [5.41, 5.74) is 1.20. The van der Waals surface area contributed by atoms with Crippen molar-refractivity contribution in [2.24, 2.45) is 17.8 Å². The van der Waals surface area contributed by atoms with Crippen LogP contribution in [0.1, 0.15) is 52.0 Å². The van der Waals surface area contributed by atoms with Gasteiger partial charge in [-0.05, 0) is 42.6 Å². The van der Waals surface area contributed by atoms with E-state index in [0.717, 1.165) is 12.8 Å². The van der Waals surface area contributed by atoms with Crippen LogP contribution in [-0.2, 0) is 16.0 Å². The normalized spacial score (nSPS) is 25.8. The van der Waals surface area contributed by atoms with E-state index in [1.807, 2.05) is 18.2 Å². The lowest BCUT2D eigenvalue weighted by atomic mass is 9.75. The van der Waals surface area contributed by atoms with E-state index in [1.54, 1.807) is 0 Å².